The molecule has 0 radical (unpaired) electrons. The minimum absolute atomic E-state index is 0.117. The zero-order valence-electron chi connectivity index (χ0n) is 16.0. The summed E-state index contributed by atoms with van der Waals surface area (Å²) in [6.45, 7) is 1.32. The van der Waals surface area contributed by atoms with Gasteiger partial charge in [0.05, 0.1) is 13.2 Å². The Balaban J connectivity index is 1.43. The number of methoxy groups -OCH3 is 1. The first kappa shape index (κ1) is 19.2. The second-order valence-corrected chi connectivity index (χ2v) is 7.12. The summed E-state index contributed by atoms with van der Waals surface area (Å²) in [5.74, 6) is -0.389. The van der Waals surface area contributed by atoms with Crippen LogP contribution < -0.4 is 9.64 Å². The van der Waals surface area contributed by atoms with Crippen molar-refractivity contribution in [2.24, 2.45) is 11.0 Å². The van der Waals surface area contributed by atoms with E-state index in [-0.39, 0.29) is 11.8 Å². The Labute approximate surface area is 167 Å². The van der Waals surface area contributed by atoms with Crippen LogP contribution in [0.1, 0.15) is 30.9 Å². The molecule has 0 spiro atoms. The molecule has 1 aromatic carbocycles. The van der Waals surface area contributed by atoms with Crippen molar-refractivity contribution in [3.05, 3.63) is 47.8 Å². The lowest BCUT2D eigenvalue weighted by atomic mass is 9.94. The van der Waals surface area contributed by atoms with E-state index in [2.05, 4.69) is 20.0 Å². The number of ether oxygens (including phenoxy) is 1. The second-order valence-electron chi connectivity index (χ2n) is 7.12. The quantitative estimate of drug-likeness (QED) is 0.788. The number of rotatable bonds is 4. The van der Waals surface area contributed by atoms with Gasteiger partial charge in [-0.3, -0.25) is 4.79 Å². The molecule has 1 amide bonds. The molecule has 3 heterocycles. The van der Waals surface area contributed by atoms with Crippen molar-refractivity contribution in [2.75, 3.05) is 25.1 Å². The van der Waals surface area contributed by atoms with E-state index in [1.54, 1.807) is 19.4 Å². The zero-order valence-corrected chi connectivity index (χ0v) is 16.0. The first-order chi connectivity index (χ1) is 14.0. The van der Waals surface area contributed by atoms with E-state index < -0.39 is 17.7 Å². The summed E-state index contributed by atoms with van der Waals surface area (Å²) >= 11 is 0. The lowest BCUT2D eigenvalue weighted by Crippen LogP contribution is -2.41. The summed E-state index contributed by atoms with van der Waals surface area (Å²) < 4.78 is 32.4. The van der Waals surface area contributed by atoms with E-state index >= 15 is 0 Å². The number of hydrogen-bond acceptors (Lipinski definition) is 6. The summed E-state index contributed by atoms with van der Waals surface area (Å²) in [6.07, 6.45) is 4.79. The molecular weight excluding hydrogens is 380 g/mol. The van der Waals surface area contributed by atoms with Crippen molar-refractivity contribution in [2.45, 2.75) is 25.3 Å². The number of aromatic nitrogens is 2. The van der Waals surface area contributed by atoms with Crippen LogP contribution in [0, 0.1) is 17.6 Å². The number of carbonyl (C=O) groups excluding carboxylic acids is 1. The van der Waals surface area contributed by atoms with Gasteiger partial charge in [0.15, 0.2) is 0 Å². The maximum atomic E-state index is 13.6. The van der Waals surface area contributed by atoms with Crippen molar-refractivity contribution in [3.8, 4) is 5.88 Å². The maximum absolute atomic E-state index is 13.6. The molecule has 1 atom stereocenters. The highest BCUT2D eigenvalue weighted by Gasteiger charge is 2.35. The molecule has 0 unspecified atom stereocenters. The Morgan fingerprint density at radius 3 is 2.52 bits per heavy atom. The Morgan fingerprint density at radius 2 is 1.83 bits per heavy atom. The van der Waals surface area contributed by atoms with Crippen LogP contribution >= 0.6 is 0 Å². The van der Waals surface area contributed by atoms with Crippen LogP contribution in [-0.2, 0) is 4.79 Å². The van der Waals surface area contributed by atoms with E-state index in [4.69, 9.17) is 4.74 Å². The molecule has 2 aliphatic rings. The Morgan fingerprint density at radius 1 is 1.10 bits per heavy atom. The highest BCUT2D eigenvalue weighted by molar-refractivity contribution is 5.82. The minimum atomic E-state index is -0.659. The summed E-state index contributed by atoms with van der Waals surface area (Å²) in [4.78, 5) is 23.4. The standard InChI is InChI=1S/C20H21F2N5O2/c1-29-19-11-18(23-12-24-19)26-6-3-13(4-7-26)20(28)27-17(2-5-25-27)14-8-15(21)10-16(22)9-14/h5,8-13,17H,2-4,6-7H2,1H3/t17-/m0/s1. The smallest absolute Gasteiger partial charge is 0.246 e. The Bertz CT molecular complexity index is 911. The number of hydrazone groups is 1. The number of anilines is 1. The molecule has 1 aromatic heterocycles. The van der Waals surface area contributed by atoms with Crippen LogP contribution in [0.3, 0.4) is 0 Å². The maximum Gasteiger partial charge on any atom is 0.246 e. The topological polar surface area (TPSA) is 70.9 Å². The van der Waals surface area contributed by atoms with E-state index in [9.17, 15) is 13.6 Å². The lowest BCUT2D eigenvalue weighted by Gasteiger charge is -2.34. The molecule has 9 heteroatoms. The molecule has 1 saturated heterocycles. The largest absolute Gasteiger partial charge is 0.481 e. The normalized spacial score (nSPS) is 19.6. The second kappa shape index (κ2) is 8.10. The first-order valence-electron chi connectivity index (χ1n) is 9.47. The fourth-order valence-corrected chi connectivity index (χ4v) is 3.83. The lowest BCUT2D eigenvalue weighted by molar-refractivity contribution is -0.138. The van der Waals surface area contributed by atoms with Gasteiger partial charge < -0.3 is 9.64 Å². The van der Waals surface area contributed by atoms with Crippen molar-refractivity contribution in [1.82, 2.24) is 15.0 Å². The van der Waals surface area contributed by atoms with Crippen LogP contribution in [0.4, 0.5) is 14.6 Å². The number of piperidine rings is 1. The van der Waals surface area contributed by atoms with Gasteiger partial charge in [0.1, 0.15) is 23.8 Å². The number of carbonyl (C=O) groups is 1. The fourth-order valence-electron chi connectivity index (χ4n) is 3.83. The van der Waals surface area contributed by atoms with E-state index in [1.807, 2.05) is 0 Å². The molecule has 0 N–H and O–H groups in total. The third kappa shape index (κ3) is 4.03. The Hall–Kier alpha value is -3.10. The number of halogens is 2. The van der Waals surface area contributed by atoms with E-state index in [1.165, 1.54) is 23.5 Å². The van der Waals surface area contributed by atoms with Crippen molar-refractivity contribution < 1.29 is 18.3 Å². The number of hydrogen-bond donors (Lipinski definition) is 0. The predicted molar refractivity (Wildman–Crippen MR) is 103 cm³/mol. The molecule has 0 bridgehead atoms. The first-order valence-corrected chi connectivity index (χ1v) is 9.47. The van der Waals surface area contributed by atoms with Crippen LogP contribution in [0.15, 0.2) is 35.7 Å². The monoisotopic (exact) mass is 401 g/mol. The van der Waals surface area contributed by atoms with Crippen LogP contribution in [-0.4, -0.2) is 47.3 Å². The SMILES string of the molecule is COc1cc(N2CCC(C(=O)N3N=CC[C@H]3c3cc(F)cc(F)c3)CC2)ncn1. The van der Waals surface area contributed by atoms with Crippen molar-refractivity contribution in [1.29, 1.82) is 0 Å². The molecule has 152 valence electrons. The molecule has 0 saturated carbocycles. The van der Waals surface area contributed by atoms with E-state index in [0.29, 0.717) is 43.8 Å². The molecule has 1 fully saturated rings. The zero-order chi connectivity index (χ0) is 20.4. The summed E-state index contributed by atoms with van der Waals surface area (Å²) in [6, 6.07) is 4.63. The number of amides is 1. The Kier molecular flexibility index (Phi) is 5.37. The van der Waals surface area contributed by atoms with Crippen molar-refractivity contribution in [3.63, 3.8) is 0 Å². The van der Waals surface area contributed by atoms with Gasteiger partial charge in [0.2, 0.25) is 11.8 Å². The number of benzene rings is 1. The fraction of sp³-hybridized carbons (Fsp3) is 0.400. The van der Waals surface area contributed by atoms with Crippen LogP contribution in [0.2, 0.25) is 0 Å². The van der Waals surface area contributed by atoms with Crippen LogP contribution in [0.5, 0.6) is 5.88 Å². The molecule has 4 rings (SSSR count). The van der Waals surface area contributed by atoms with Crippen molar-refractivity contribution >= 4 is 17.9 Å². The van der Waals surface area contributed by atoms with Gasteiger partial charge in [-0.25, -0.2) is 23.8 Å². The third-order valence-electron chi connectivity index (χ3n) is 5.33. The molecule has 29 heavy (non-hydrogen) atoms. The van der Waals surface area contributed by atoms with Gasteiger partial charge in [-0.2, -0.15) is 5.10 Å². The van der Waals surface area contributed by atoms with Gasteiger partial charge >= 0.3 is 0 Å². The highest BCUT2D eigenvalue weighted by atomic mass is 19.1. The van der Waals surface area contributed by atoms with Gasteiger partial charge in [0.25, 0.3) is 0 Å². The van der Waals surface area contributed by atoms with Gasteiger partial charge in [0, 0.05) is 43.8 Å². The molecule has 7 nitrogen and oxygen atoms in total. The predicted octanol–water partition coefficient (Wildman–Crippen LogP) is 2.94. The van der Waals surface area contributed by atoms with Gasteiger partial charge in [-0.05, 0) is 30.5 Å². The molecule has 0 aliphatic carbocycles. The van der Waals surface area contributed by atoms with Gasteiger partial charge in [-0.1, -0.05) is 0 Å². The minimum Gasteiger partial charge on any atom is -0.481 e. The number of nitrogens with zero attached hydrogens (tertiary/aromatic N) is 5. The molecule has 2 aliphatic heterocycles. The highest BCUT2D eigenvalue weighted by Crippen LogP contribution is 2.33. The average molecular weight is 401 g/mol. The van der Waals surface area contributed by atoms with Crippen LogP contribution in [0.25, 0.3) is 0 Å². The summed E-state index contributed by atoms with van der Waals surface area (Å²) in [7, 11) is 1.55. The molecule has 2 aromatic rings. The van der Waals surface area contributed by atoms with Gasteiger partial charge in [-0.15, -0.1) is 0 Å². The van der Waals surface area contributed by atoms with E-state index in [0.717, 1.165) is 11.9 Å². The molecular formula is C20H21F2N5O2. The summed E-state index contributed by atoms with van der Waals surface area (Å²) in [5, 5.41) is 5.57. The summed E-state index contributed by atoms with van der Waals surface area (Å²) in [5.41, 5.74) is 0.416. The third-order valence-corrected chi connectivity index (χ3v) is 5.33. The average Bonchev–Trinajstić information content (AvgIpc) is 3.23.